The molecule has 2 nitrogen and oxygen atoms in total. The van der Waals surface area contributed by atoms with E-state index in [1.807, 2.05) is 0 Å². The largest absolute Gasteiger partial charge is 0.346 e. The molecule has 0 aromatic heterocycles. The highest BCUT2D eigenvalue weighted by Crippen LogP contribution is 2.11. The van der Waals surface area contributed by atoms with Gasteiger partial charge in [-0.05, 0) is 0 Å². The number of hydrogen-bond donors (Lipinski definition) is 1. The Hall–Kier alpha value is 0.220. The molecular weight excluding hydrogens is 134 g/mol. The van der Waals surface area contributed by atoms with Gasteiger partial charge in [-0.2, -0.15) is 0 Å². The smallest absolute Gasteiger partial charge is 0.192 e. The molecular formula is C3H6ClO2P. The van der Waals surface area contributed by atoms with Gasteiger partial charge in [-0.1, -0.05) is 17.7 Å². The fourth-order valence-corrected chi connectivity index (χ4v) is 0.703. The van der Waals surface area contributed by atoms with Gasteiger partial charge in [0, 0.05) is 11.7 Å². The second-order valence-corrected chi connectivity index (χ2v) is 2.41. The molecule has 0 aliphatic heterocycles. The molecule has 0 aromatic rings. The molecule has 0 aliphatic carbocycles. The Kier molecular flexibility index (Phi) is 4.52. The van der Waals surface area contributed by atoms with Crippen LogP contribution in [-0.4, -0.2) is 11.1 Å². The lowest BCUT2D eigenvalue weighted by Gasteiger charge is -1.78. The lowest BCUT2D eigenvalue weighted by molar-refractivity contribution is 0.506. The van der Waals surface area contributed by atoms with Crippen LogP contribution < -0.4 is 0 Å². The van der Waals surface area contributed by atoms with Crippen molar-refractivity contribution in [1.82, 2.24) is 0 Å². The van der Waals surface area contributed by atoms with Crippen LogP contribution in [0.1, 0.15) is 0 Å². The van der Waals surface area contributed by atoms with Gasteiger partial charge < -0.3 is 4.89 Å². The van der Waals surface area contributed by atoms with Gasteiger partial charge in [0.05, 0.1) is 0 Å². The highest BCUT2D eigenvalue weighted by atomic mass is 35.5. The molecule has 0 fully saturated rings. The van der Waals surface area contributed by atoms with Crippen molar-refractivity contribution in [2.24, 2.45) is 0 Å². The summed E-state index contributed by atoms with van der Waals surface area (Å²) in [6.45, 7) is 0. The van der Waals surface area contributed by atoms with Crippen LogP contribution in [0.5, 0.6) is 0 Å². The van der Waals surface area contributed by atoms with Crippen molar-refractivity contribution < 1.29 is 9.46 Å². The molecule has 1 atom stereocenters. The highest BCUT2D eigenvalue weighted by molar-refractivity contribution is 7.38. The maximum atomic E-state index is 9.83. The van der Waals surface area contributed by atoms with Crippen LogP contribution in [0.15, 0.2) is 11.6 Å². The minimum Gasteiger partial charge on any atom is -0.346 e. The summed E-state index contributed by atoms with van der Waals surface area (Å²) in [7, 11) is -2.32. The van der Waals surface area contributed by atoms with Crippen LogP contribution in [0.25, 0.3) is 0 Å². The minimum absolute atomic E-state index is 0.189. The Bertz CT molecular complexity index is 90.9. The van der Waals surface area contributed by atoms with Gasteiger partial charge in [-0.3, -0.25) is 4.57 Å². The second-order valence-electron chi connectivity index (χ2n) is 0.960. The average Bonchev–Trinajstić information content (AvgIpc) is 1.61. The van der Waals surface area contributed by atoms with Gasteiger partial charge in [0.15, 0.2) is 8.03 Å². The first-order chi connectivity index (χ1) is 3.27. The van der Waals surface area contributed by atoms with E-state index in [4.69, 9.17) is 16.5 Å². The molecule has 0 saturated heterocycles. The van der Waals surface area contributed by atoms with Crippen LogP contribution >= 0.6 is 19.6 Å². The summed E-state index contributed by atoms with van der Waals surface area (Å²) in [5.41, 5.74) is 1.23. The maximum Gasteiger partial charge on any atom is 0.192 e. The predicted molar refractivity (Wildman–Crippen MR) is 31.1 cm³/mol. The maximum absolute atomic E-state index is 9.83. The van der Waals surface area contributed by atoms with Crippen molar-refractivity contribution >= 4 is 19.6 Å². The fourth-order valence-electron chi connectivity index (χ4n) is 0.145. The molecule has 7 heavy (non-hydrogen) atoms. The van der Waals surface area contributed by atoms with E-state index in [-0.39, 0.29) is 6.16 Å². The molecule has 1 N–H and O–H groups in total. The SMILES string of the molecule is O=[PH](O)CC=CCl. The summed E-state index contributed by atoms with van der Waals surface area (Å²) in [6.07, 6.45) is 1.64. The van der Waals surface area contributed by atoms with Gasteiger partial charge in [0.2, 0.25) is 0 Å². The summed E-state index contributed by atoms with van der Waals surface area (Å²) in [5.74, 6) is 0. The van der Waals surface area contributed by atoms with Gasteiger partial charge in [-0.15, -0.1) is 0 Å². The molecule has 42 valence electrons. The Morgan fingerprint density at radius 2 is 2.43 bits per heavy atom. The molecule has 0 radical (unpaired) electrons. The normalized spacial score (nSPS) is 15.1. The zero-order chi connectivity index (χ0) is 5.70. The molecule has 0 spiro atoms. The molecule has 4 heteroatoms. The van der Waals surface area contributed by atoms with E-state index in [9.17, 15) is 4.57 Å². The topological polar surface area (TPSA) is 37.3 Å². The van der Waals surface area contributed by atoms with E-state index in [2.05, 4.69) is 0 Å². The molecule has 0 amide bonds. The van der Waals surface area contributed by atoms with E-state index in [1.165, 1.54) is 11.6 Å². The third-order valence-corrected chi connectivity index (χ3v) is 1.14. The first kappa shape index (κ1) is 7.22. The Balaban J connectivity index is 3.14. The quantitative estimate of drug-likeness (QED) is 0.586. The molecule has 0 bridgehead atoms. The van der Waals surface area contributed by atoms with Crippen LogP contribution in [0.3, 0.4) is 0 Å². The minimum atomic E-state index is -2.32. The van der Waals surface area contributed by atoms with Crippen molar-refractivity contribution in [2.45, 2.75) is 0 Å². The van der Waals surface area contributed by atoms with Crippen molar-refractivity contribution in [3.63, 3.8) is 0 Å². The average molecular weight is 141 g/mol. The van der Waals surface area contributed by atoms with Crippen molar-refractivity contribution in [1.29, 1.82) is 0 Å². The van der Waals surface area contributed by atoms with Crippen LogP contribution in [-0.2, 0) is 4.57 Å². The summed E-state index contributed by atoms with van der Waals surface area (Å²) in [4.78, 5) is 8.12. The number of halogens is 1. The number of allylic oxidation sites excluding steroid dienone is 1. The van der Waals surface area contributed by atoms with Gasteiger partial charge in [0.1, 0.15) is 0 Å². The summed E-state index contributed by atoms with van der Waals surface area (Å²) >= 11 is 5.03. The molecule has 1 unspecified atom stereocenters. The molecule has 0 aromatic carbocycles. The summed E-state index contributed by atoms with van der Waals surface area (Å²) in [6, 6.07) is 0. The van der Waals surface area contributed by atoms with E-state index < -0.39 is 8.03 Å². The monoisotopic (exact) mass is 140 g/mol. The van der Waals surface area contributed by atoms with E-state index in [1.54, 1.807) is 0 Å². The summed E-state index contributed by atoms with van der Waals surface area (Å²) < 4.78 is 9.83. The molecule has 0 heterocycles. The second kappa shape index (κ2) is 4.38. The lowest BCUT2D eigenvalue weighted by atomic mass is 10.8. The van der Waals surface area contributed by atoms with Gasteiger partial charge in [0.25, 0.3) is 0 Å². The van der Waals surface area contributed by atoms with Crippen LogP contribution in [0.2, 0.25) is 0 Å². The van der Waals surface area contributed by atoms with Gasteiger partial charge >= 0.3 is 0 Å². The standard InChI is InChI=1S/C3H6ClO2P/c4-2-1-3-7(5)6/h1-2,7H,3H2,(H,5,6). The van der Waals surface area contributed by atoms with E-state index >= 15 is 0 Å². The van der Waals surface area contributed by atoms with Crippen LogP contribution in [0.4, 0.5) is 0 Å². The lowest BCUT2D eigenvalue weighted by Crippen LogP contribution is -1.62. The number of hydrogen-bond acceptors (Lipinski definition) is 1. The predicted octanol–water partition coefficient (Wildman–Crippen LogP) is 1.21. The zero-order valence-corrected chi connectivity index (χ0v) is 5.35. The Morgan fingerprint density at radius 3 is 2.57 bits per heavy atom. The van der Waals surface area contributed by atoms with E-state index in [0.29, 0.717) is 0 Å². The van der Waals surface area contributed by atoms with Gasteiger partial charge in [-0.25, -0.2) is 0 Å². The summed E-state index contributed by atoms with van der Waals surface area (Å²) in [5, 5.41) is 0. The van der Waals surface area contributed by atoms with E-state index in [0.717, 1.165) is 0 Å². The number of rotatable bonds is 2. The van der Waals surface area contributed by atoms with Crippen molar-refractivity contribution in [2.75, 3.05) is 6.16 Å². The third kappa shape index (κ3) is 6.22. The first-order valence-electron chi connectivity index (χ1n) is 1.74. The molecule has 0 rings (SSSR count). The fraction of sp³-hybridized carbons (Fsp3) is 0.333. The van der Waals surface area contributed by atoms with Crippen molar-refractivity contribution in [3.8, 4) is 0 Å². The van der Waals surface area contributed by atoms with Crippen molar-refractivity contribution in [3.05, 3.63) is 11.6 Å². The zero-order valence-electron chi connectivity index (χ0n) is 3.60. The Morgan fingerprint density at radius 1 is 1.86 bits per heavy atom. The van der Waals surface area contributed by atoms with Crippen LogP contribution in [0, 0.1) is 0 Å². The highest BCUT2D eigenvalue weighted by Gasteiger charge is 1.81. The Labute approximate surface area is 47.7 Å². The molecule has 0 saturated carbocycles. The molecule has 0 aliphatic rings. The third-order valence-electron chi connectivity index (χ3n) is 0.382. The first-order valence-corrected chi connectivity index (χ1v) is 3.74.